The van der Waals surface area contributed by atoms with Gasteiger partial charge in [-0.15, -0.1) is 11.3 Å². The third-order valence-corrected chi connectivity index (χ3v) is 6.42. The van der Waals surface area contributed by atoms with Crippen LogP contribution in [-0.2, 0) is 6.54 Å². The van der Waals surface area contributed by atoms with Gasteiger partial charge in [0.2, 0.25) is 11.7 Å². The molecule has 5 rings (SSSR count). The van der Waals surface area contributed by atoms with Crippen molar-refractivity contribution >= 4 is 28.1 Å². The first-order valence-corrected chi connectivity index (χ1v) is 11.2. The topological polar surface area (TPSA) is 75.4 Å². The van der Waals surface area contributed by atoms with Crippen LogP contribution in [0.25, 0.3) is 21.6 Å². The van der Waals surface area contributed by atoms with Gasteiger partial charge in [-0.05, 0) is 43.5 Å². The Morgan fingerprint density at radius 3 is 2.71 bits per heavy atom. The maximum Gasteiger partial charge on any atom is 0.254 e. The van der Waals surface area contributed by atoms with Gasteiger partial charge >= 0.3 is 0 Å². The van der Waals surface area contributed by atoms with E-state index in [9.17, 15) is 4.79 Å². The molecular formula is C23H23N5O2S. The Morgan fingerprint density at radius 1 is 1.10 bits per heavy atom. The molecule has 1 aliphatic rings. The summed E-state index contributed by atoms with van der Waals surface area (Å²) in [5.41, 5.74) is 3.58. The molecule has 0 aliphatic carbocycles. The summed E-state index contributed by atoms with van der Waals surface area (Å²) in [6.07, 6.45) is 0. The maximum absolute atomic E-state index is 13.3. The molecule has 1 fully saturated rings. The fraction of sp³-hybridized carbons (Fsp3) is 0.304. The number of pyridine rings is 1. The van der Waals surface area contributed by atoms with Gasteiger partial charge in [-0.1, -0.05) is 22.9 Å². The van der Waals surface area contributed by atoms with Crippen LogP contribution in [0.4, 0.5) is 0 Å². The molecule has 1 aliphatic heterocycles. The van der Waals surface area contributed by atoms with Crippen molar-refractivity contribution in [2.45, 2.75) is 20.4 Å². The third-order valence-electron chi connectivity index (χ3n) is 5.55. The first kappa shape index (κ1) is 19.8. The molecule has 1 saturated heterocycles. The first-order chi connectivity index (χ1) is 15.1. The molecule has 0 unspecified atom stereocenters. The molecule has 3 aromatic heterocycles. The molecular weight excluding hydrogens is 410 g/mol. The summed E-state index contributed by atoms with van der Waals surface area (Å²) < 4.78 is 5.42. The van der Waals surface area contributed by atoms with Crippen LogP contribution in [0.15, 0.2) is 46.3 Å². The van der Waals surface area contributed by atoms with E-state index in [1.165, 1.54) is 0 Å². The maximum atomic E-state index is 13.3. The van der Waals surface area contributed by atoms with E-state index in [1.54, 1.807) is 11.3 Å². The standard InChI is InChI=1S/C23H23N5O2S/c1-15-5-6-19-17(12-15)18(13-16(2)24-19)23(29)28-9-7-27(8-10-28)14-21-25-22(26-30-21)20-4-3-11-31-20/h3-6,11-13H,7-10,14H2,1-2H3. The zero-order chi connectivity index (χ0) is 21.4. The average molecular weight is 434 g/mol. The highest BCUT2D eigenvalue weighted by molar-refractivity contribution is 7.13. The van der Waals surface area contributed by atoms with Crippen LogP contribution in [0.5, 0.6) is 0 Å². The van der Waals surface area contributed by atoms with Crippen molar-refractivity contribution in [3.8, 4) is 10.7 Å². The van der Waals surface area contributed by atoms with E-state index in [0.717, 1.165) is 45.7 Å². The molecule has 0 spiro atoms. The SMILES string of the molecule is Cc1ccc2nc(C)cc(C(=O)N3CCN(Cc4nc(-c5cccs5)no4)CC3)c2c1. The molecule has 0 saturated carbocycles. The van der Waals surface area contributed by atoms with Crippen LogP contribution < -0.4 is 0 Å². The fourth-order valence-electron chi connectivity index (χ4n) is 3.94. The number of benzene rings is 1. The Bertz CT molecular complexity index is 1230. The monoisotopic (exact) mass is 433 g/mol. The number of hydrogen-bond donors (Lipinski definition) is 0. The van der Waals surface area contributed by atoms with Gasteiger partial charge in [0, 0.05) is 37.3 Å². The molecule has 0 bridgehead atoms. The number of hydrogen-bond acceptors (Lipinski definition) is 7. The van der Waals surface area contributed by atoms with Gasteiger partial charge < -0.3 is 9.42 Å². The van der Waals surface area contributed by atoms with Crippen molar-refractivity contribution in [2.75, 3.05) is 26.2 Å². The lowest BCUT2D eigenvalue weighted by atomic mass is 10.0. The number of aryl methyl sites for hydroxylation is 2. The number of nitrogens with zero attached hydrogens (tertiary/aromatic N) is 5. The third kappa shape index (κ3) is 4.08. The molecule has 31 heavy (non-hydrogen) atoms. The lowest BCUT2D eigenvalue weighted by Crippen LogP contribution is -2.48. The summed E-state index contributed by atoms with van der Waals surface area (Å²) in [5, 5.41) is 7.00. The van der Waals surface area contributed by atoms with Crippen molar-refractivity contribution in [1.82, 2.24) is 24.9 Å². The largest absolute Gasteiger partial charge is 0.338 e. The molecule has 158 valence electrons. The van der Waals surface area contributed by atoms with Gasteiger partial charge in [0.1, 0.15) is 0 Å². The molecule has 4 aromatic rings. The summed E-state index contributed by atoms with van der Waals surface area (Å²) in [6.45, 7) is 7.43. The summed E-state index contributed by atoms with van der Waals surface area (Å²) in [7, 11) is 0. The molecule has 0 N–H and O–H groups in total. The lowest BCUT2D eigenvalue weighted by molar-refractivity contribution is 0.0617. The first-order valence-electron chi connectivity index (χ1n) is 10.3. The number of rotatable bonds is 4. The number of amides is 1. The van der Waals surface area contributed by atoms with Gasteiger partial charge in [0.25, 0.3) is 5.91 Å². The average Bonchev–Trinajstić information content (AvgIpc) is 3.46. The molecule has 8 heteroatoms. The summed E-state index contributed by atoms with van der Waals surface area (Å²) >= 11 is 1.59. The molecule has 4 heterocycles. The zero-order valence-corrected chi connectivity index (χ0v) is 18.4. The van der Waals surface area contributed by atoms with Gasteiger partial charge in [-0.2, -0.15) is 4.98 Å². The quantitative estimate of drug-likeness (QED) is 0.486. The van der Waals surface area contributed by atoms with E-state index >= 15 is 0 Å². The van der Waals surface area contributed by atoms with Crippen LogP contribution in [0.2, 0.25) is 0 Å². The van der Waals surface area contributed by atoms with Crippen molar-refractivity contribution in [3.05, 3.63) is 64.5 Å². The minimum Gasteiger partial charge on any atom is -0.338 e. The van der Waals surface area contributed by atoms with Crippen LogP contribution in [-0.4, -0.2) is 57.0 Å². The van der Waals surface area contributed by atoms with Crippen molar-refractivity contribution < 1.29 is 9.32 Å². The van der Waals surface area contributed by atoms with Crippen LogP contribution in [0, 0.1) is 13.8 Å². The van der Waals surface area contributed by atoms with Crippen molar-refractivity contribution in [1.29, 1.82) is 0 Å². The zero-order valence-electron chi connectivity index (χ0n) is 17.5. The van der Waals surface area contributed by atoms with Gasteiger partial charge in [-0.25, -0.2) is 0 Å². The Hall–Kier alpha value is -3.10. The minimum absolute atomic E-state index is 0.0681. The van der Waals surface area contributed by atoms with E-state index < -0.39 is 0 Å². The Labute approximate surface area is 184 Å². The normalized spacial score (nSPS) is 15.0. The lowest BCUT2D eigenvalue weighted by Gasteiger charge is -2.34. The van der Waals surface area contributed by atoms with Gasteiger partial charge in [0.05, 0.1) is 22.5 Å². The molecule has 7 nitrogen and oxygen atoms in total. The predicted octanol–water partition coefficient (Wildman–Crippen LogP) is 3.92. The Balaban J connectivity index is 1.26. The predicted molar refractivity (Wildman–Crippen MR) is 120 cm³/mol. The second kappa shape index (κ2) is 8.20. The van der Waals surface area contributed by atoms with E-state index in [-0.39, 0.29) is 5.91 Å². The minimum atomic E-state index is 0.0681. The van der Waals surface area contributed by atoms with Crippen LogP contribution >= 0.6 is 11.3 Å². The van der Waals surface area contributed by atoms with Crippen LogP contribution in [0.1, 0.15) is 27.5 Å². The fourth-order valence-corrected chi connectivity index (χ4v) is 4.59. The molecule has 1 amide bonds. The van der Waals surface area contributed by atoms with Crippen LogP contribution in [0.3, 0.4) is 0 Å². The number of carbonyl (C=O) groups is 1. The van der Waals surface area contributed by atoms with E-state index in [4.69, 9.17) is 4.52 Å². The van der Waals surface area contributed by atoms with E-state index in [2.05, 4.69) is 20.0 Å². The summed E-state index contributed by atoms with van der Waals surface area (Å²) in [4.78, 5) is 27.6. The number of fused-ring (bicyclic) bond motifs is 1. The number of carbonyl (C=O) groups excluding carboxylic acids is 1. The molecule has 1 aromatic carbocycles. The number of aromatic nitrogens is 3. The van der Waals surface area contributed by atoms with Gasteiger partial charge in [-0.3, -0.25) is 14.7 Å². The smallest absolute Gasteiger partial charge is 0.254 e. The van der Waals surface area contributed by atoms with Crippen molar-refractivity contribution in [3.63, 3.8) is 0 Å². The number of thiophene rings is 1. The Morgan fingerprint density at radius 2 is 1.94 bits per heavy atom. The Kier molecular flexibility index (Phi) is 5.25. The van der Waals surface area contributed by atoms with E-state index in [0.29, 0.717) is 31.3 Å². The highest BCUT2D eigenvalue weighted by Crippen LogP contribution is 2.23. The highest BCUT2D eigenvalue weighted by atomic mass is 32.1. The highest BCUT2D eigenvalue weighted by Gasteiger charge is 2.25. The van der Waals surface area contributed by atoms with Gasteiger partial charge in [0.15, 0.2) is 0 Å². The second-order valence-corrected chi connectivity index (χ2v) is 8.84. The van der Waals surface area contributed by atoms with Crippen molar-refractivity contribution in [2.24, 2.45) is 0 Å². The second-order valence-electron chi connectivity index (χ2n) is 7.89. The number of piperazine rings is 1. The summed E-state index contributed by atoms with van der Waals surface area (Å²) in [6, 6.07) is 11.9. The van der Waals surface area contributed by atoms with E-state index in [1.807, 2.05) is 60.5 Å². The molecule has 0 radical (unpaired) electrons. The molecule has 0 atom stereocenters. The summed E-state index contributed by atoms with van der Waals surface area (Å²) in [5.74, 6) is 1.31.